The quantitative estimate of drug-likeness (QED) is 0.0443. The van der Waals surface area contributed by atoms with Gasteiger partial charge in [-0.3, -0.25) is 60.7 Å². The number of nitro benzene ring substituents is 3. The zero-order valence-electron chi connectivity index (χ0n) is 36.7. The molecule has 0 bridgehead atoms. The van der Waals surface area contributed by atoms with Crippen molar-refractivity contribution in [1.82, 2.24) is 19.9 Å². The van der Waals surface area contributed by atoms with Gasteiger partial charge in [-0.1, -0.05) is 35.9 Å². The van der Waals surface area contributed by atoms with E-state index in [1.165, 1.54) is 103 Å². The summed E-state index contributed by atoms with van der Waals surface area (Å²) in [6.45, 7) is 0. The Morgan fingerprint density at radius 3 is 1.07 bits per heavy atom. The lowest BCUT2D eigenvalue weighted by Crippen LogP contribution is -1.92. The van der Waals surface area contributed by atoms with E-state index >= 15 is 0 Å². The summed E-state index contributed by atoms with van der Waals surface area (Å²) in [5.74, 6) is 1.76. The fourth-order valence-corrected chi connectivity index (χ4v) is 4.99. The van der Waals surface area contributed by atoms with E-state index in [1.807, 2.05) is 12.1 Å². The number of ether oxygens (including phenoxy) is 3. The van der Waals surface area contributed by atoms with Crippen LogP contribution >= 0.6 is 11.6 Å². The van der Waals surface area contributed by atoms with E-state index in [0.717, 1.165) is 24.7 Å². The fourth-order valence-electron chi connectivity index (χ4n) is 4.88. The molecule has 8 rings (SSSR count). The van der Waals surface area contributed by atoms with E-state index in [-0.39, 0.29) is 68.3 Å². The number of non-ortho nitro benzene ring substituents is 3. The molecule has 0 amide bonds. The number of aromatic nitrogens is 4. The summed E-state index contributed by atoms with van der Waals surface area (Å²) in [5, 5.41) is 71.1. The molecule has 8 aromatic rings. The zero-order chi connectivity index (χ0) is 53.5. The van der Waals surface area contributed by atoms with Crippen LogP contribution in [0, 0.1) is 60.7 Å². The first-order valence-corrected chi connectivity index (χ1v) is 20.1. The third-order valence-corrected chi connectivity index (χ3v) is 8.39. The molecule has 73 heavy (non-hydrogen) atoms. The number of nitro groups is 6. The number of pyridine rings is 4. The first-order valence-electron chi connectivity index (χ1n) is 19.8. The number of benzene rings is 4. The Morgan fingerprint density at radius 2 is 0.740 bits per heavy atom. The van der Waals surface area contributed by atoms with Gasteiger partial charge in [-0.25, -0.2) is 19.9 Å². The molecule has 0 aliphatic rings. The van der Waals surface area contributed by atoms with Gasteiger partial charge < -0.3 is 30.8 Å². The summed E-state index contributed by atoms with van der Waals surface area (Å²) in [4.78, 5) is 73.8. The van der Waals surface area contributed by atoms with Gasteiger partial charge in [-0.15, -0.1) is 0 Å². The van der Waals surface area contributed by atoms with Gasteiger partial charge >= 0.3 is 0 Å². The maximum absolute atomic E-state index is 10.6. The van der Waals surface area contributed by atoms with Crippen LogP contribution < -0.4 is 25.7 Å². The van der Waals surface area contributed by atoms with E-state index in [9.17, 15) is 60.7 Å². The highest BCUT2D eigenvalue weighted by atomic mass is 35.5. The van der Waals surface area contributed by atoms with Crippen molar-refractivity contribution in [2.75, 3.05) is 11.5 Å². The van der Waals surface area contributed by atoms with E-state index in [2.05, 4.69) is 19.9 Å². The number of aromatic hydroxyl groups is 1. The maximum Gasteiger partial charge on any atom is 0.287 e. The second-order valence-corrected chi connectivity index (χ2v) is 13.8. The normalized spacial score (nSPS) is 9.71. The van der Waals surface area contributed by atoms with E-state index in [4.69, 9.17) is 42.4 Å². The van der Waals surface area contributed by atoms with Crippen LogP contribution in [-0.2, 0) is 0 Å². The molecule has 0 spiro atoms. The number of halogens is 1. The maximum atomic E-state index is 10.6. The molecular formula is C44H33ClN12O16. The van der Waals surface area contributed by atoms with Crippen molar-refractivity contribution >= 4 is 57.1 Å². The molecule has 0 unspecified atom stereocenters. The molecule has 0 aliphatic heterocycles. The van der Waals surface area contributed by atoms with Crippen LogP contribution in [0.4, 0.5) is 45.5 Å². The van der Waals surface area contributed by atoms with Crippen LogP contribution in [0.3, 0.4) is 0 Å². The molecular weight excluding hydrogens is 988 g/mol. The molecule has 0 fully saturated rings. The molecule has 0 radical (unpaired) electrons. The smallest absolute Gasteiger partial charge is 0.287 e. The predicted molar refractivity (Wildman–Crippen MR) is 258 cm³/mol. The number of nitrogens with zero attached hydrogens (tertiary/aromatic N) is 10. The molecule has 0 saturated heterocycles. The number of phenolic OH excluding ortho intramolecular Hbond substituents is 1. The monoisotopic (exact) mass is 1020 g/mol. The summed E-state index contributed by atoms with van der Waals surface area (Å²) in [7, 11) is 0. The highest BCUT2D eigenvalue weighted by Gasteiger charge is 2.12. The minimum atomic E-state index is -0.579. The van der Waals surface area contributed by atoms with Crippen molar-refractivity contribution in [3.63, 3.8) is 0 Å². The molecule has 4 heterocycles. The predicted octanol–water partition coefficient (Wildman–Crippen LogP) is 10.4. The third-order valence-electron chi connectivity index (χ3n) is 8.17. The topological polar surface area (TPSA) is 410 Å². The Labute approximate surface area is 413 Å². The average Bonchev–Trinajstić information content (AvgIpc) is 3.36. The molecule has 4 aromatic heterocycles. The number of nitrogen functional groups attached to an aromatic ring is 2. The highest BCUT2D eigenvalue weighted by Crippen LogP contribution is 2.27. The fraction of sp³-hybridized carbons (Fsp3) is 0. The molecule has 5 N–H and O–H groups in total. The average molecular weight is 1020 g/mol. The van der Waals surface area contributed by atoms with Gasteiger partial charge in [0.05, 0.1) is 59.6 Å². The Morgan fingerprint density at radius 1 is 0.384 bits per heavy atom. The number of phenols is 1. The second kappa shape index (κ2) is 27.1. The van der Waals surface area contributed by atoms with Crippen LogP contribution in [0.25, 0.3) is 0 Å². The van der Waals surface area contributed by atoms with E-state index < -0.39 is 29.5 Å². The Balaban J connectivity index is 0.000000203. The molecule has 0 saturated carbocycles. The van der Waals surface area contributed by atoms with Crippen LogP contribution in [0.5, 0.6) is 40.6 Å². The summed E-state index contributed by atoms with van der Waals surface area (Å²) in [6, 6.07) is 34.7. The van der Waals surface area contributed by atoms with Crippen LogP contribution in [0.1, 0.15) is 0 Å². The summed E-state index contributed by atoms with van der Waals surface area (Å²) in [6.07, 6.45) is 4.75. The van der Waals surface area contributed by atoms with Gasteiger partial charge in [0.2, 0.25) is 17.6 Å². The van der Waals surface area contributed by atoms with Crippen LogP contribution in [0.15, 0.2) is 170 Å². The number of anilines is 2. The number of hydrogen-bond donors (Lipinski definition) is 3. The zero-order valence-corrected chi connectivity index (χ0v) is 37.5. The number of nitrogens with two attached hydrogens (primary N) is 2. The van der Waals surface area contributed by atoms with Crippen LogP contribution in [-0.4, -0.2) is 54.6 Å². The van der Waals surface area contributed by atoms with Gasteiger partial charge in [-0.05, 0) is 42.5 Å². The Hall–Kier alpha value is -11.0. The first kappa shape index (κ1) is 54.6. The minimum absolute atomic E-state index is 0.0515. The molecule has 0 aliphatic carbocycles. The lowest BCUT2D eigenvalue weighted by atomic mass is 10.3. The minimum Gasteiger partial charge on any atom is -0.508 e. The first-order chi connectivity index (χ1) is 34.8. The lowest BCUT2D eigenvalue weighted by Gasteiger charge is -2.04. The number of rotatable bonds is 12. The van der Waals surface area contributed by atoms with Crippen LogP contribution in [0.2, 0.25) is 5.15 Å². The SMILES string of the molecule is Nc1ccc(Oc2cccc(N)c2)nc1.O=[N+]([O-])c1ccc(Cl)nc1.O=[N+]([O-])c1ccc(Oc2cccc([N+](=O)[O-])c2)nc1.O=[N+]([O-])c1ccc(Oc2cccc([N+](=O)[O-])c2)nc1.O=[N+]([O-])c1cccc(O)c1. The van der Waals surface area contributed by atoms with Gasteiger partial charge in [0.15, 0.2) is 0 Å². The van der Waals surface area contributed by atoms with E-state index in [1.54, 1.807) is 30.5 Å². The van der Waals surface area contributed by atoms with Crippen molar-refractivity contribution in [2.24, 2.45) is 0 Å². The molecule has 0 atom stereocenters. The van der Waals surface area contributed by atoms with Crippen molar-refractivity contribution in [2.45, 2.75) is 0 Å². The Bertz CT molecular complexity index is 3060. The van der Waals surface area contributed by atoms with Gasteiger partial charge in [0.25, 0.3) is 34.1 Å². The molecule has 29 heteroatoms. The largest absolute Gasteiger partial charge is 0.508 e. The highest BCUT2D eigenvalue weighted by molar-refractivity contribution is 6.29. The third kappa shape index (κ3) is 19.2. The van der Waals surface area contributed by atoms with E-state index in [0.29, 0.717) is 23.0 Å². The summed E-state index contributed by atoms with van der Waals surface area (Å²) < 4.78 is 16.0. The number of hydrogen-bond acceptors (Lipinski definition) is 22. The molecule has 372 valence electrons. The molecule has 4 aromatic carbocycles. The van der Waals surface area contributed by atoms with Gasteiger partial charge in [-0.2, -0.15) is 0 Å². The lowest BCUT2D eigenvalue weighted by molar-refractivity contribution is -0.385. The van der Waals surface area contributed by atoms with Crippen molar-refractivity contribution in [1.29, 1.82) is 0 Å². The molecule has 28 nitrogen and oxygen atoms in total. The standard InChI is InChI=1S/2C11H7N3O5.C11H11N3O.C6H5NO3.C5H3ClN2O2/c2*15-13(16)8-2-1-3-10(6-8)19-11-5-4-9(7-12-11)14(17)18;12-8-2-1-3-10(6-8)15-11-5-4-9(13)7-14-11;8-6-3-1-2-5(4-6)7(9)10;6-5-2-1-4(3-7-5)8(9)10/h2*1-7H;1-7H,12-13H2;1-4,8H;1-3H. The van der Waals surface area contributed by atoms with Gasteiger partial charge in [0, 0.05) is 66.4 Å². The summed E-state index contributed by atoms with van der Waals surface area (Å²) >= 11 is 5.38. The van der Waals surface area contributed by atoms with Crippen molar-refractivity contribution in [3.8, 4) is 40.6 Å². The summed E-state index contributed by atoms with van der Waals surface area (Å²) in [5.41, 5.74) is 11.7. The van der Waals surface area contributed by atoms with Crippen molar-refractivity contribution in [3.05, 3.63) is 236 Å². The van der Waals surface area contributed by atoms with Crippen molar-refractivity contribution < 1.29 is 48.9 Å². The Kier molecular flexibility index (Phi) is 20.3. The van der Waals surface area contributed by atoms with Gasteiger partial charge in [0.1, 0.15) is 46.7 Å². The second-order valence-electron chi connectivity index (χ2n) is 13.4.